The predicted octanol–water partition coefficient (Wildman–Crippen LogP) is 2.58. The number of nitrogens with zero attached hydrogens (tertiary/aromatic N) is 3. The number of aromatic nitrogens is 3. The van der Waals surface area contributed by atoms with Gasteiger partial charge in [0.15, 0.2) is 0 Å². The van der Waals surface area contributed by atoms with E-state index in [0.717, 1.165) is 17.3 Å². The summed E-state index contributed by atoms with van der Waals surface area (Å²) >= 11 is 1.53. The maximum atomic E-state index is 12.4. The lowest BCUT2D eigenvalue weighted by molar-refractivity contribution is -0.129. The van der Waals surface area contributed by atoms with Gasteiger partial charge in [-0.25, -0.2) is 4.98 Å². The van der Waals surface area contributed by atoms with Crippen LogP contribution in [0.2, 0.25) is 0 Å². The van der Waals surface area contributed by atoms with Crippen molar-refractivity contribution in [1.82, 2.24) is 19.9 Å². The molecule has 0 aliphatic rings. The van der Waals surface area contributed by atoms with Gasteiger partial charge in [0, 0.05) is 36.2 Å². The van der Waals surface area contributed by atoms with E-state index in [1.54, 1.807) is 24.8 Å². The van der Waals surface area contributed by atoms with Crippen LogP contribution in [-0.4, -0.2) is 38.1 Å². The second-order valence-electron chi connectivity index (χ2n) is 5.18. The highest BCUT2D eigenvalue weighted by atomic mass is 32.2. The largest absolute Gasteiger partial charge is 0.347 e. The number of amides is 1. The number of thioether (sulfide) groups is 1. The number of pyridine rings is 1. The third-order valence-corrected chi connectivity index (χ3v) is 3.84. The molecule has 0 aliphatic carbocycles. The molecule has 2 aromatic rings. The third-order valence-electron chi connectivity index (χ3n) is 2.85. The van der Waals surface area contributed by atoms with Gasteiger partial charge < -0.3 is 9.88 Å². The molecule has 21 heavy (non-hydrogen) atoms. The number of H-pyrrole nitrogens is 1. The van der Waals surface area contributed by atoms with Crippen LogP contribution in [0.15, 0.2) is 41.8 Å². The number of imidazole rings is 1. The molecule has 5 nitrogen and oxygen atoms in total. The van der Waals surface area contributed by atoms with Gasteiger partial charge in [0.05, 0.1) is 12.3 Å². The first-order valence-electron chi connectivity index (χ1n) is 6.94. The number of carbonyl (C=O) groups is 1. The van der Waals surface area contributed by atoms with Gasteiger partial charge in [-0.1, -0.05) is 13.8 Å². The number of aromatic amines is 1. The van der Waals surface area contributed by atoms with Gasteiger partial charge >= 0.3 is 0 Å². The molecule has 2 rings (SSSR count). The average molecular weight is 304 g/mol. The second-order valence-corrected chi connectivity index (χ2v) is 6.22. The van der Waals surface area contributed by atoms with Crippen molar-refractivity contribution in [3.05, 3.63) is 42.7 Å². The molecule has 1 N–H and O–H groups in total. The quantitative estimate of drug-likeness (QED) is 0.799. The number of nitrogens with one attached hydrogen (secondary N) is 1. The number of hydrogen-bond acceptors (Lipinski definition) is 4. The molecular weight excluding hydrogens is 284 g/mol. The van der Waals surface area contributed by atoms with Crippen molar-refractivity contribution in [2.75, 3.05) is 12.3 Å². The Labute approximate surface area is 129 Å². The van der Waals surface area contributed by atoms with Crippen LogP contribution in [0.5, 0.6) is 0 Å². The zero-order valence-electron chi connectivity index (χ0n) is 12.3. The molecule has 0 aliphatic heterocycles. The minimum Gasteiger partial charge on any atom is -0.347 e. The highest BCUT2D eigenvalue weighted by molar-refractivity contribution is 8.00. The summed E-state index contributed by atoms with van der Waals surface area (Å²) in [6.07, 6.45) is 6.96. The average Bonchev–Trinajstić information content (AvgIpc) is 2.98. The summed E-state index contributed by atoms with van der Waals surface area (Å²) in [4.78, 5) is 26.6. The molecule has 6 heteroatoms. The van der Waals surface area contributed by atoms with Crippen molar-refractivity contribution in [3.8, 4) is 0 Å². The molecule has 0 unspecified atom stereocenters. The van der Waals surface area contributed by atoms with Crippen molar-refractivity contribution >= 4 is 17.7 Å². The van der Waals surface area contributed by atoms with Gasteiger partial charge in [0.2, 0.25) is 5.91 Å². The van der Waals surface area contributed by atoms with E-state index in [2.05, 4.69) is 28.8 Å². The molecular formula is C15H20N4OS. The fourth-order valence-corrected chi connectivity index (χ4v) is 2.72. The van der Waals surface area contributed by atoms with Gasteiger partial charge in [-0.3, -0.25) is 9.78 Å². The minimum atomic E-state index is 0.127. The van der Waals surface area contributed by atoms with Gasteiger partial charge in [-0.15, -0.1) is 11.8 Å². The predicted molar refractivity (Wildman–Crippen MR) is 83.8 cm³/mol. The summed E-state index contributed by atoms with van der Waals surface area (Å²) in [6.45, 7) is 5.48. The molecule has 1 amide bonds. The summed E-state index contributed by atoms with van der Waals surface area (Å²) in [5, 5.41) is 0. The monoisotopic (exact) mass is 304 g/mol. The number of hydrogen-bond donors (Lipinski definition) is 1. The first kappa shape index (κ1) is 15.6. The molecule has 0 spiro atoms. The summed E-state index contributed by atoms with van der Waals surface area (Å²) in [5.74, 6) is 1.80. The van der Waals surface area contributed by atoms with Gasteiger partial charge in [0.25, 0.3) is 0 Å². The first-order valence-corrected chi connectivity index (χ1v) is 7.92. The zero-order valence-corrected chi connectivity index (χ0v) is 13.1. The van der Waals surface area contributed by atoms with Crippen LogP contribution >= 0.6 is 11.8 Å². The molecule has 0 atom stereocenters. The van der Waals surface area contributed by atoms with Crippen LogP contribution in [0.4, 0.5) is 0 Å². The van der Waals surface area contributed by atoms with E-state index in [1.807, 2.05) is 17.0 Å². The SMILES string of the molecule is CC(C)CN(Cc1ncc[nH]1)C(=O)CSc1ccncc1. The Balaban J connectivity index is 1.93. The van der Waals surface area contributed by atoms with Crippen LogP contribution in [0.25, 0.3) is 0 Å². The lowest BCUT2D eigenvalue weighted by Gasteiger charge is -2.23. The fourth-order valence-electron chi connectivity index (χ4n) is 1.93. The van der Waals surface area contributed by atoms with E-state index in [0.29, 0.717) is 18.2 Å². The van der Waals surface area contributed by atoms with Gasteiger partial charge in [0.1, 0.15) is 5.82 Å². The Morgan fingerprint density at radius 1 is 1.33 bits per heavy atom. The molecule has 2 heterocycles. The fraction of sp³-hybridized carbons (Fsp3) is 0.400. The van der Waals surface area contributed by atoms with E-state index < -0.39 is 0 Å². The molecule has 112 valence electrons. The molecule has 0 bridgehead atoms. The number of carbonyl (C=O) groups excluding carboxylic acids is 1. The van der Waals surface area contributed by atoms with E-state index in [-0.39, 0.29) is 5.91 Å². The Kier molecular flexibility index (Phi) is 5.80. The lowest BCUT2D eigenvalue weighted by Crippen LogP contribution is -2.35. The maximum absolute atomic E-state index is 12.4. The Morgan fingerprint density at radius 3 is 2.71 bits per heavy atom. The zero-order chi connectivity index (χ0) is 15.1. The third kappa shape index (κ3) is 5.23. The van der Waals surface area contributed by atoms with E-state index in [9.17, 15) is 4.79 Å². The van der Waals surface area contributed by atoms with Crippen LogP contribution in [0.3, 0.4) is 0 Å². The molecule has 2 aromatic heterocycles. The highest BCUT2D eigenvalue weighted by Crippen LogP contribution is 2.17. The highest BCUT2D eigenvalue weighted by Gasteiger charge is 2.16. The van der Waals surface area contributed by atoms with Crippen molar-refractivity contribution in [2.24, 2.45) is 5.92 Å². The Hall–Kier alpha value is -1.82. The Bertz CT molecular complexity index is 542. The van der Waals surface area contributed by atoms with E-state index in [1.165, 1.54) is 11.8 Å². The van der Waals surface area contributed by atoms with Crippen LogP contribution in [-0.2, 0) is 11.3 Å². The summed E-state index contributed by atoms with van der Waals surface area (Å²) < 4.78 is 0. The second kappa shape index (κ2) is 7.83. The Morgan fingerprint density at radius 2 is 2.10 bits per heavy atom. The maximum Gasteiger partial charge on any atom is 0.233 e. The minimum absolute atomic E-state index is 0.127. The van der Waals surface area contributed by atoms with Crippen LogP contribution < -0.4 is 0 Å². The smallest absolute Gasteiger partial charge is 0.233 e. The van der Waals surface area contributed by atoms with Gasteiger partial charge in [-0.2, -0.15) is 0 Å². The van der Waals surface area contributed by atoms with Crippen molar-refractivity contribution in [1.29, 1.82) is 0 Å². The standard InChI is InChI=1S/C15H20N4OS/c1-12(2)9-19(10-14-17-7-8-18-14)15(20)11-21-13-3-5-16-6-4-13/h3-8,12H,9-11H2,1-2H3,(H,17,18). The summed E-state index contributed by atoms with van der Waals surface area (Å²) in [5.41, 5.74) is 0. The van der Waals surface area contributed by atoms with Gasteiger partial charge in [-0.05, 0) is 18.1 Å². The van der Waals surface area contributed by atoms with E-state index in [4.69, 9.17) is 0 Å². The van der Waals surface area contributed by atoms with Crippen LogP contribution in [0, 0.1) is 5.92 Å². The molecule has 0 fully saturated rings. The number of rotatable bonds is 7. The normalized spacial score (nSPS) is 10.8. The summed E-state index contributed by atoms with van der Waals surface area (Å²) in [6, 6.07) is 3.83. The topological polar surface area (TPSA) is 61.9 Å². The van der Waals surface area contributed by atoms with Crippen molar-refractivity contribution in [2.45, 2.75) is 25.3 Å². The summed E-state index contributed by atoms with van der Waals surface area (Å²) in [7, 11) is 0. The van der Waals surface area contributed by atoms with Crippen LogP contribution in [0.1, 0.15) is 19.7 Å². The molecule has 0 saturated carbocycles. The first-order chi connectivity index (χ1) is 10.1. The molecule has 0 saturated heterocycles. The molecule has 0 radical (unpaired) electrons. The lowest BCUT2D eigenvalue weighted by atomic mass is 10.2. The van der Waals surface area contributed by atoms with Crippen molar-refractivity contribution < 1.29 is 4.79 Å². The molecule has 0 aromatic carbocycles. The van der Waals surface area contributed by atoms with E-state index >= 15 is 0 Å². The van der Waals surface area contributed by atoms with Crippen molar-refractivity contribution in [3.63, 3.8) is 0 Å².